The number of hydrogen-bond donors (Lipinski definition) is 1. The van der Waals surface area contributed by atoms with Crippen molar-refractivity contribution < 1.29 is 9.21 Å². The van der Waals surface area contributed by atoms with Gasteiger partial charge >= 0.3 is 0 Å². The highest BCUT2D eigenvalue weighted by Gasteiger charge is 2.26. The predicted octanol–water partition coefficient (Wildman–Crippen LogP) is 3.73. The molecule has 2 aromatic rings. The average Bonchev–Trinajstić information content (AvgIpc) is 3.28. The van der Waals surface area contributed by atoms with Crippen LogP contribution < -0.4 is 5.32 Å². The van der Waals surface area contributed by atoms with Crippen LogP contribution in [0.25, 0.3) is 0 Å². The Kier molecular flexibility index (Phi) is 5.36. The van der Waals surface area contributed by atoms with E-state index in [9.17, 15) is 4.79 Å². The summed E-state index contributed by atoms with van der Waals surface area (Å²) in [5, 5.41) is 4.10. The van der Waals surface area contributed by atoms with Gasteiger partial charge in [0.2, 0.25) is 0 Å². The van der Waals surface area contributed by atoms with Gasteiger partial charge in [-0.2, -0.15) is 0 Å². The number of amides is 1. The maximum atomic E-state index is 12.6. The van der Waals surface area contributed by atoms with Crippen LogP contribution in [0.1, 0.15) is 64.8 Å². The van der Waals surface area contributed by atoms with Gasteiger partial charge in [0.15, 0.2) is 0 Å². The van der Waals surface area contributed by atoms with Crippen molar-refractivity contribution in [3.05, 3.63) is 39.7 Å². The van der Waals surface area contributed by atoms with Gasteiger partial charge in [0.05, 0.1) is 23.0 Å². The van der Waals surface area contributed by atoms with E-state index in [1.165, 1.54) is 24.2 Å². The van der Waals surface area contributed by atoms with Gasteiger partial charge in [0.1, 0.15) is 10.6 Å². The van der Waals surface area contributed by atoms with Crippen LogP contribution in [-0.4, -0.2) is 35.4 Å². The highest BCUT2D eigenvalue weighted by Crippen LogP contribution is 2.26. The van der Waals surface area contributed by atoms with Crippen molar-refractivity contribution in [3.8, 4) is 0 Å². The number of hydrogen-bond acceptors (Lipinski definition) is 5. The first kappa shape index (κ1) is 17.2. The number of thiazole rings is 1. The molecule has 1 atom stereocenters. The molecule has 6 heteroatoms. The standard InChI is InChI=1S/C18H25N3O2S/c1-12(2)18-20-13(3)16(24-18)17(22)19-11-14(15-7-6-10-23-15)21-8-4-5-9-21/h6-7,10,12,14H,4-5,8-9,11H2,1-3H3,(H,19,22)/t14-/m1/s1. The Morgan fingerprint density at radius 2 is 2.17 bits per heavy atom. The smallest absolute Gasteiger partial charge is 0.263 e. The fraction of sp³-hybridized carbons (Fsp3) is 0.556. The summed E-state index contributed by atoms with van der Waals surface area (Å²) in [6.07, 6.45) is 4.11. The molecule has 1 aliphatic heterocycles. The second-order valence-corrected chi connectivity index (χ2v) is 7.64. The van der Waals surface area contributed by atoms with Crippen molar-refractivity contribution in [2.75, 3.05) is 19.6 Å². The molecule has 24 heavy (non-hydrogen) atoms. The number of nitrogens with zero attached hydrogens (tertiary/aromatic N) is 2. The molecule has 1 N–H and O–H groups in total. The minimum Gasteiger partial charge on any atom is -0.468 e. The lowest BCUT2D eigenvalue weighted by Gasteiger charge is -2.25. The molecule has 1 aliphatic rings. The van der Waals surface area contributed by atoms with Crippen LogP contribution >= 0.6 is 11.3 Å². The van der Waals surface area contributed by atoms with Gasteiger partial charge in [-0.25, -0.2) is 4.98 Å². The first-order chi connectivity index (χ1) is 11.6. The molecule has 1 fully saturated rings. The van der Waals surface area contributed by atoms with Gasteiger partial charge in [-0.15, -0.1) is 11.3 Å². The van der Waals surface area contributed by atoms with Crippen LogP contribution in [0.15, 0.2) is 22.8 Å². The number of furan rings is 1. The average molecular weight is 347 g/mol. The molecule has 0 bridgehead atoms. The Morgan fingerprint density at radius 1 is 1.42 bits per heavy atom. The highest BCUT2D eigenvalue weighted by atomic mass is 32.1. The van der Waals surface area contributed by atoms with E-state index >= 15 is 0 Å². The molecule has 3 heterocycles. The van der Waals surface area contributed by atoms with Crippen molar-refractivity contribution in [2.45, 2.75) is 45.6 Å². The Bertz CT molecular complexity index is 673. The molecule has 5 nitrogen and oxygen atoms in total. The molecule has 3 rings (SSSR count). The normalized spacial score (nSPS) is 16.7. The van der Waals surface area contributed by atoms with E-state index in [4.69, 9.17) is 4.42 Å². The fourth-order valence-corrected chi connectivity index (χ4v) is 4.07. The molecule has 0 aromatic carbocycles. The molecule has 130 valence electrons. The number of rotatable bonds is 6. The molecule has 0 spiro atoms. The maximum Gasteiger partial charge on any atom is 0.263 e. The third kappa shape index (κ3) is 3.70. The zero-order valence-electron chi connectivity index (χ0n) is 14.5. The van der Waals surface area contributed by atoms with Gasteiger partial charge in [-0.05, 0) is 45.0 Å². The SMILES string of the molecule is Cc1nc(C(C)C)sc1C(=O)NC[C@H](c1ccco1)N1CCCC1. The van der Waals surface area contributed by atoms with E-state index in [1.54, 1.807) is 6.26 Å². The van der Waals surface area contributed by atoms with Gasteiger partial charge < -0.3 is 9.73 Å². The van der Waals surface area contributed by atoms with Crippen molar-refractivity contribution in [3.63, 3.8) is 0 Å². The van der Waals surface area contributed by atoms with E-state index in [0.717, 1.165) is 34.4 Å². The lowest BCUT2D eigenvalue weighted by molar-refractivity contribution is 0.0937. The number of carbonyl (C=O) groups excluding carboxylic acids is 1. The van der Waals surface area contributed by atoms with Gasteiger partial charge in [0.25, 0.3) is 5.91 Å². The summed E-state index contributed by atoms with van der Waals surface area (Å²) in [5.74, 6) is 1.23. The first-order valence-electron chi connectivity index (χ1n) is 8.59. The molecule has 0 aliphatic carbocycles. The summed E-state index contributed by atoms with van der Waals surface area (Å²) < 4.78 is 5.60. The van der Waals surface area contributed by atoms with Gasteiger partial charge in [0, 0.05) is 12.5 Å². The predicted molar refractivity (Wildman–Crippen MR) is 95.5 cm³/mol. The van der Waals surface area contributed by atoms with Crippen molar-refractivity contribution in [2.24, 2.45) is 0 Å². The van der Waals surface area contributed by atoms with Crippen LogP contribution in [0.2, 0.25) is 0 Å². The quantitative estimate of drug-likeness (QED) is 0.865. The first-order valence-corrected chi connectivity index (χ1v) is 9.41. The van der Waals surface area contributed by atoms with Crippen LogP contribution in [0, 0.1) is 6.92 Å². The molecule has 2 aromatic heterocycles. The Morgan fingerprint density at radius 3 is 2.75 bits per heavy atom. The number of aryl methyl sites for hydroxylation is 1. The minimum atomic E-state index is -0.0346. The molecular formula is C18H25N3O2S. The summed E-state index contributed by atoms with van der Waals surface area (Å²) >= 11 is 1.50. The maximum absolute atomic E-state index is 12.6. The van der Waals surface area contributed by atoms with Crippen molar-refractivity contribution in [1.82, 2.24) is 15.2 Å². The lowest BCUT2D eigenvalue weighted by Crippen LogP contribution is -2.36. The molecule has 0 saturated carbocycles. The summed E-state index contributed by atoms with van der Waals surface area (Å²) in [4.78, 5) is 20.2. The van der Waals surface area contributed by atoms with Crippen LogP contribution in [0.3, 0.4) is 0 Å². The monoisotopic (exact) mass is 347 g/mol. The zero-order chi connectivity index (χ0) is 17.1. The third-order valence-electron chi connectivity index (χ3n) is 4.42. The summed E-state index contributed by atoms with van der Waals surface area (Å²) in [7, 11) is 0. The summed E-state index contributed by atoms with van der Waals surface area (Å²) in [5.41, 5.74) is 0.817. The number of aromatic nitrogens is 1. The van der Waals surface area contributed by atoms with Crippen molar-refractivity contribution in [1.29, 1.82) is 0 Å². The largest absolute Gasteiger partial charge is 0.468 e. The Balaban J connectivity index is 1.69. The Labute approximate surface area is 147 Å². The van der Waals surface area contributed by atoms with Crippen LogP contribution in [0.4, 0.5) is 0 Å². The van der Waals surface area contributed by atoms with Gasteiger partial charge in [-0.3, -0.25) is 9.69 Å². The topological polar surface area (TPSA) is 58.4 Å². The van der Waals surface area contributed by atoms with Gasteiger partial charge in [-0.1, -0.05) is 13.8 Å². The molecule has 1 saturated heterocycles. The van der Waals surface area contributed by atoms with Crippen molar-refractivity contribution >= 4 is 17.2 Å². The van der Waals surface area contributed by atoms with E-state index in [2.05, 4.69) is 29.0 Å². The highest BCUT2D eigenvalue weighted by molar-refractivity contribution is 7.13. The number of nitrogens with one attached hydrogen (secondary N) is 1. The van der Waals surface area contributed by atoms with E-state index < -0.39 is 0 Å². The summed E-state index contributed by atoms with van der Waals surface area (Å²) in [6.45, 7) is 8.76. The van der Waals surface area contributed by atoms with Crippen LogP contribution in [0.5, 0.6) is 0 Å². The van der Waals surface area contributed by atoms with E-state index in [-0.39, 0.29) is 11.9 Å². The van der Waals surface area contributed by atoms with E-state index in [1.807, 2.05) is 19.1 Å². The fourth-order valence-electron chi connectivity index (χ4n) is 3.09. The lowest BCUT2D eigenvalue weighted by atomic mass is 10.2. The second-order valence-electron chi connectivity index (χ2n) is 6.61. The Hall–Kier alpha value is -1.66. The molecule has 0 unspecified atom stereocenters. The molecule has 0 radical (unpaired) electrons. The zero-order valence-corrected chi connectivity index (χ0v) is 15.4. The van der Waals surface area contributed by atoms with E-state index in [0.29, 0.717) is 12.5 Å². The second kappa shape index (κ2) is 7.49. The minimum absolute atomic E-state index is 0.0346. The molecule has 1 amide bonds. The third-order valence-corrected chi connectivity index (χ3v) is 5.88. The summed E-state index contributed by atoms with van der Waals surface area (Å²) in [6, 6.07) is 4.00. The number of likely N-dealkylation sites (tertiary alicyclic amines) is 1. The van der Waals surface area contributed by atoms with Crippen LogP contribution in [-0.2, 0) is 0 Å². The molecular weight excluding hydrogens is 322 g/mol. The number of carbonyl (C=O) groups is 1.